The minimum Gasteiger partial charge on any atom is -0.457 e. The van der Waals surface area contributed by atoms with Crippen LogP contribution in [0.1, 0.15) is 42.2 Å². The molecule has 0 unspecified atom stereocenters. The van der Waals surface area contributed by atoms with Crippen molar-refractivity contribution in [1.82, 2.24) is 0 Å². The van der Waals surface area contributed by atoms with Gasteiger partial charge < -0.3 is 4.74 Å². The normalized spacial score (nSPS) is 13.1. The Balaban J connectivity index is 1.60. The predicted octanol–water partition coefficient (Wildman–Crippen LogP) is 4.77. The average Bonchev–Trinajstić information content (AvgIpc) is 3.06. The van der Waals surface area contributed by atoms with E-state index < -0.39 is 46.7 Å². The van der Waals surface area contributed by atoms with E-state index in [1.165, 1.54) is 36.4 Å². The molecule has 3 aromatic carbocycles. The molecule has 0 fully saturated rings. The largest absolute Gasteiger partial charge is 0.457 e. The Hall–Kier alpha value is -4.54. The molecule has 0 bridgehead atoms. The van der Waals surface area contributed by atoms with E-state index in [1.807, 2.05) is 0 Å². The molecule has 0 N–H and O–H groups in total. The number of carbonyl (C=O) groups excluding carboxylic acids is 3. The van der Waals surface area contributed by atoms with Crippen LogP contribution in [0.5, 0.6) is 0 Å². The van der Waals surface area contributed by atoms with Crippen LogP contribution in [-0.2, 0) is 17.5 Å². The molecule has 0 saturated carbocycles. The number of nitrogens with zero attached hydrogens (tertiary/aromatic N) is 2. The molecule has 4 rings (SSSR count). The van der Waals surface area contributed by atoms with Gasteiger partial charge in [0.1, 0.15) is 6.61 Å². The van der Waals surface area contributed by atoms with Crippen LogP contribution in [-0.4, -0.2) is 22.7 Å². The number of hydrogen-bond acceptors (Lipinski definition) is 6. The fourth-order valence-corrected chi connectivity index (χ4v) is 3.53. The van der Waals surface area contributed by atoms with E-state index in [1.54, 1.807) is 0 Å². The van der Waals surface area contributed by atoms with E-state index in [2.05, 4.69) is 0 Å². The van der Waals surface area contributed by atoms with Crippen LogP contribution < -0.4 is 4.90 Å². The molecule has 0 radical (unpaired) electrons. The number of para-hydroxylation sites is 2. The first-order valence-corrected chi connectivity index (χ1v) is 9.68. The highest BCUT2D eigenvalue weighted by Gasteiger charge is 2.42. The highest BCUT2D eigenvalue weighted by molar-refractivity contribution is 6.35. The summed E-state index contributed by atoms with van der Waals surface area (Å²) in [6, 6.07) is 13.2. The lowest BCUT2D eigenvalue weighted by Crippen LogP contribution is -2.31. The lowest BCUT2D eigenvalue weighted by Gasteiger charge is -2.19. The minimum absolute atomic E-state index is 0.142. The summed E-state index contributed by atoms with van der Waals surface area (Å²) in [6.07, 6.45) is -4.80. The number of anilines is 1. The number of hydrogen-bond donors (Lipinski definition) is 0. The van der Waals surface area contributed by atoms with Gasteiger partial charge in [0, 0.05) is 6.07 Å². The molecule has 0 aliphatic carbocycles. The summed E-state index contributed by atoms with van der Waals surface area (Å²) >= 11 is 0. The molecule has 0 atom stereocenters. The number of alkyl halides is 3. The highest BCUT2D eigenvalue weighted by Crippen LogP contribution is 2.39. The molecule has 1 aliphatic rings. The molecule has 2 amide bonds. The van der Waals surface area contributed by atoms with E-state index in [0.717, 1.165) is 30.3 Å². The monoisotopic (exact) mass is 470 g/mol. The quantitative estimate of drug-likeness (QED) is 0.230. The lowest BCUT2D eigenvalue weighted by molar-refractivity contribution is -0.385. The van der Waals surface area contributed by atoms with Crippen molar-refractivity contribution in [3.05, 3.63) is 105 Å². The fraction of sp³-hybridized carbons (Fsp3) is 0.0870. The fourth-order valence-electron chi connectivity index (χ4n) is 3.53. The predicted molar refractivity (Wildman–Crippen MR) is 111 cm³/mol. The van der Waals surface area contributed by atoms with Crippen LogP contribution >= 0.6 is 0 Å². The van der Waals surface area contributed by atoms with Gasteiger partial charge in [-0.05, 0) is 36.4 Å². The van der Waals surface area contributed by atoms with Crippen LogP contribution in [0.4, 0.5) is 24.5 Å². The number of esters is 1. The van der Waals surface area contributed by atoms with Crippen LogP contribution in [0, 0.1) is 10.1 Å². The van der Waals surface area contributed by atoms with Crippen molar-refractivity contribution in [1.29, 1.82) is 0 Å². The summed E-state index contributed by atoms with van der Waals surface area (Å²) < 4.78 is 45.3. The molecule has 0 saturated heterocycles. The molecular weight excluding hydrogens is 457 g/mol. The molecule has 172 valence electrons. The van der Waals surface area contributed by atoms with Gasteiger partial charge >= 0.3 is 12.1 Å². The van der Waals surface area contributed by atoms with E-state index in [-0.39, 0.29) is 27.9 Å². The standard InChI is InChI=1S/C23H13F3N2O6/c24-23(25,26)17-6-2-4-8-19(17)27-20(29)15-10-9-13(11-16(15)21(27)30)22(31)34-12-14-5-1-3-7-18(14)28(32)33/h1-11H,12H2. The van der Waals surface area contributed by atoms with Crippen molar-refractivity contribution in [2.45, 2.75) is 12.8 Å². The van der Waals surface area contributed by atoms with Gasteiger partial charge in [-0.2, -0.15) is 13.2 Å². The molecule has 3 aromatic rings. The summed E-state index contributed by atoms with van der Waals surface area (Å²) in [5.41, 5.74) is -2.47. The van der Waals surface area contributed by atoms with Gasteiger partial charge in [0.2, 0.25) is 0 Å². The summed E-state index contributed by atoms with van der Waals surface area (Å²) in [7, 11) is 0. The number of benzene rings is 3. The molecule has 1 heterocycles. The number of carbonyl (C=O) groups is 3. The van der Waals surface area contributed by atoms with Crippen molar-refractivity contribution in [3.8, 4) is 0 Å². The summed E-state index contributed by atoms with van der Waals surface area (Å²) in [4.78, 5) is 49.0. The van der Waals surface area contributed by atoms with Gasteiger partial charge in [-0.15, -0.1) is 0 Å². The zero-order valence-electron chi connectivity index (χ0n) is 17.0. The second-order valence-electron chi connectivity index (χ2n) is 7.18. The molecule has 1 aliphatic heterocycles. The van der Waals surface area contributed by atoms with Crippen molar-refractivity contribution in [3.63, 3.8) is 0 Å². The number of halogens is 3. The molecule has 11 heteroatoms. The lowest BCUT2D eigenvalue weighted by atomic mass is 10.1. The van der Waals surface area contributed by atoms with Crippen molar-refractivity contribution >= 4 is 29.2 Å². The first-order valence-electron chi connectivity index (χ1n) is 9.68. The van der Waals surface area contributed by atoms with Gasteiger partial charge in [0.25, 0.3) is 17.5 Å². The zero-order valence-corrected chi connectivity index (χ0v) is 17.0. The Bertz CT molecular complexity index is 1350. The Morgan fingerprint density at radius 2 is 1.59 bits per heavy atom. The Morgan fingerprint density at radius 3 is 2.29 bits per heavy atom. The third-order valence-electron chi connectivity index (χ3n) is 5.12. The SMILES string of the molecule is O=C(OCc1ccccc1[N+](=O)[O-])c1ccc2c(c1)C(=O)N(c1ccccc1C(F)(F)F)C2=O. The number of fused-ring (bicyclic) bond motifs is 1. The number of ether oxygens (including phenoxy) is 1. The molecular formula is C23H13F3N2O6. The van der Waals surface area contributed by atoms with E-state index in [4.69, 9.17) is 4.74 Å². The minimum atomic E-state index is -4.80. The summed E-state index contributed by atoms with van der Waals surface area (Å²) in [5.74, 6) is -2.92. The van der Waals surface area contributed by atoms with E-state index in [0.29, 0.717) is 4.90 Å². The first-order chi connectivity index (χ1) is 16.1. The Labute approximate surface area is 189 Å². The molecule has 34 heavy (non-hydrogen) atoms. The third kappa shape index (κ3) is 3.98. The molecule has 0 spiro atoms. The Morgan fingerprint density at radius 1 is 0.941 bits per heavy atom. The summed E-state index contributed by atoms with van der Waals surface area (Å²) in [6.45, 7) is -0.426. The maximum atomic E-state index is 13.4. The maximum Gasteiger partial charge on any atom is 0.418 e. The number of amides is 2. The van der Waals surface area contributed by atoms with Crippen molar-refractivity contribution in [2.24, 2.45) is 0 Å². The van der Waals surface area contributed by atoms with Gasteiger partial charge in [-0.1, -0.05) is 24.3 Å². The second kappa shape index (κ2) is 8.43. The maximum absolute atomic E-state index is 13.4. The van der Waals surface area contributed by atoms with Crippen LogP contribution in [0.15, 0.2) is 66.7 Å². The van der Waals surface area contributed by atoms with E-state index in [9.17, 15) is 37.7 Å². The van der Waals surface area contributed by atoms with Gasteiger partial charge in [-0.25, -0.2) is 9.69 Å². The first kappa shape index (κ1) is 22.6. The number of nitro benzene ring substituents is 1. The van der Waals surface area contributed by atoms with E-state index >= 15 is 0 Å². The van der Waals surface area contributed by atoms with Crippen LogP contribution in [0.2, 0.25) is 0 Å². The zero-order chi connectivity index (χ0) is 24.6. The van der Waals surface area contributed by atoms with Gasteiger partial charge in [0.05, 0.1) is 38.4 Å². The second-order valence-corrected chi connectivity index (χ2v) is 7.18. The van der Waals surface area contributed by atoms with Crippen LogP contribution in [0.3, 0.4) is 0 Å². The van der Waals surface area contributed by atoms with Crippen molar-refractivity contribution < 1.29 is 37.2 Å². The number of nitro groups is 1. The number of rotatable bonds is 5. The molecule has 0 aromatic heterocycles. The highest BCUT2D eigenvalue weighted by atomic mass is 19.4. The van der Waals surface area contributed by atoms with Gasteiger partial charge in [-0.3, -0.25) is 19.7 Å². The van der Waals surface area contributed by atoms with Crippen molar-refractivity contribution in [2.75, 3.05) is 4.90 Å². The molecule has 8 nitrogen and oxygen atoms in total. The Kier molecular flexibility index (Phi) is 5.61. The topological polar surface area (TPSA) is 107 Å². The average molecular weight is 470 g/mol. The van der Waals surface area contributed by atoms with Gasteiger partial charge in [0.15, 0.2) is 0 Å². The third-order valence-corrected chi connectivity index (χ3v) is 5.12. The number of imide groups is 1. The summed E-state index contributed by atoms with van der Waals surface area (Å²) in [5, 5.41) is 11.1. The van der Waals surface area contributed by atoms with Crippen LogP contribution in [0.25, 0.3) is 0 Å². The smallest absolute Gasteiger partial charge is 0.418 e.